The fraction of sp³-hybridized carbons (Fsp3) is 0.296. The Kier molecular flexibility index (Phi) is 5.17. The van der Waals surface area contributed by atoms with Crippen LogP contribution in [0.15, 0.2) is 61.1 Å². The highest BCUT2D eigenvalue weighted by molar-refractivity contribution is 5.85. The summed E-state index contributed by atoms with van der Waals surface area (Å²) < 4.78 is 2.14. The molecule has 7 nitrogen and oxygen atoms in total. The molecule has 4 aromatic heterocycles. The molecule has 172 valence electrons. The van der Waals surface area contributed by atoms with E-state index in [0.717, 1.165) is 53.8 Å². The molecule has 1 fully saturated rings. The number of benzene rings is 1. The van der Waals surface area contributed by atoms with E-state index in [0.29, 0.717) is 13.1 Å². The van der Waals surface area contributed by atoms with Gasteiger partial charge in [-0.3, -0.25) is 4.79 Å². The van der Waals surface area contributed by atoms with E-state index in [2.05, 4.69) is 62.0 Å². The van der Waals surface area contributed by atoms with E-state index in [1.165, 1.54) is 16.5 Å². The van der Waals surface area contributed by atoms with Crippen LogP contribution in [-0.2, 0) is 11.2 Å². The number of H-pyrrole nitrogens is 1. The van der Waals surface area contributed by atoms with E-state index in [-0.39, 0.29) is 11.8 Å². The fourth-order valence-electron chi connectivity index (χ4n) is 5.17. The van der Waals surface area contributed by atoms with Gasteiger partial charge in [0.1, 0.15) is 0 Å². The van der Waals surface area contributed by atoms with Gasteiger partial charge < -0.3 is 19.6 Å². The summed E-state index contributed by atoms with van der Waals surface area (Å²) in [5, 5.41) is 4.43. The molecule has 1 saturated heterocycles. The maximum absolute atomic E-state index is 13.1. The predicted molar refractivity (Wildman–Crippen MR) is 135 cm³/mol. The normalized spacial score (nSPS) is 16.5. The maximum Gasteiger partial charge on any atom is 0.224 e. The van der Waals surface area contributed by atoms with Crippen molar-refractivity contribution in [2.45, 2.75) is 26.2 Å². The Balaban J connectivity index is 1.16. The minimum atomic E-state index is -0.0461. The minimum Gasteiger partial charge on any atom is -0.361 e. The number of amides is 1. The highest BCUT2D eigenvalue weighted by atomic mass is 16.1. The highest BCUT2D eigenvalue weighted by Gasteiger charge is 2.28. The summed E-state index contributed by atoms with van der Waals surface area (Å²) >= 11 is 0. The zero-order valence-electron chi connectivity index (χ0n) is 19.3. The van der Waals surface area contributed by atoms with Crippen LogP contribution in [0.1, 0.15) is 24.0 Å². The number of hydrogen-bond acceptors (Lipinski definition) is 4. The average Bonchev–Trinajstić information content (AvgIpc) is 3.51. The van der Waals surface area contributed by atoms with Crippen molar-refractivity contribution in [1.82, 2.24) is 24.7 Å². The molecule has 0 bridgehead atoms. The van der Waals surface area contributed by atoms with Crippen molar-refractivity contribution in [2.75, 3.05) is 24.5 Å². The quantitative estimate of drug-likeness (QED) is 0.418. The van der Waals surface area contributed by atoms with Gasteiger partial charge in [0.2, 0.25) is 5.91 Å². The Hall–Kier alpha value is -3.87. The number of aromatic amines is 1. The molecule has 0 aliphatic carbocycles. The van der Waals surface area contributed by atoms with Crippen molar-refractivity contribution in [3.05, 3.63) is 72.2 Å². The van der Waals surface area contributed by atoms with Gasteiger partial charge >= 0.3 is 0 Å². The lowest BCUT2D eigenvalue weighted by molar-refractivity contribution is -0.125. The number of carbonyl (C=O) groups is 1. The number of carbonyl (C=O) groups excluding carboxylic acids is 1. The number of fused-ring (bicyclic) bond motifs is 4. The van der Waals surface area contributed by atoms with Gasteiger partial charge in [0.25, 0.3) is 0 Å². The van der Waals surface area contributed by atoms with E-state index in [9.17, 15) is 4.79 Å². The summed E-state index contributed by atoms with van der Waals surface area (Å²) in [4.78, 5) is 28.0. The number of pyridine rings is 1. The number of piperidine rings is 1. The van der Waals surface area contributed by atoms with Crippen LogP contribution in [-0.4, -0.2) is 44.9 Å². The SMILES string of the molecule is Cc1ccc2[nH]cc(CCNC(=O)C3CCCN(c4nc5ncccc5n5cccc45)C3)c2c1. The van der Waals surface area contributed by atoms with Crippen LogP contribution in [0.2, 0.25) is 0 Å². The molecular weight excluding hydrogens is 424 g/mol. The monoisotopic (exact) mass is 452 g/mol. The molecule has 1 unspecified atom stereocenters. The van der Waals surface area contributed by atoms with Crippen LogP contribution in [0, 0.1) is 12.8 Å². The van der Waals surface area contributed by atoms with Gasteiger partial charge in [-0.1, -0.05) is 11.6 Å². The van der Waals surface area contributed by atoms with Crippen molar-refractivity contribution in [1.29, 1.82) is 0 Å². The Labute approximate surface area is 197 Å². The van der Waals surface area contributed by atoms with Crippen LogP contribution in [0.4, 0.5) is 5.82 Å². The molecule has 2 N–H and O–H groups in total. The van der Waals surface area contributed by atoms with Gasteiger partial charge in [-0.15, -0.1) is 0 Å². The standard InChI is InChI=1S/C27H28N6O/c1-18-8-9-22-21(15-18)19(16-30-22)10-12-29-27(34)20-5-3-13-32(17-20)26-24-7-4-14-33(24)23-6-2-11-28-25(23)31-26/h2,4,6-9,11,14-16,20,30H,3,5,10,12-13,17H2,1H3,(H,29,34). The van der Waals surface area contributed by atoms with Crippen LogP contribution < -0.4 is 10.2 Å². The largest absolute Gasteiger partial charge is 0.361 e. The molecule has 1 aromatic carbocycles. The first kappa shape index (κ1) is 20.7. The molecule has 0 saturated carbocycles. The fourth-order valence-corrected chi connectivity index (χ4v) is 5.17. The lowest BCUT2D eigenvalue weighted by Gasteiger charge is -2.33. The second-order valence-electron chi connectivity index (χ2n) is 9.23. The zero-order chi connectivity index (χ0) is 23.1. The van der Waals surface area contributed by atoms with Crippen LogP contribution in [0.5, 0.6) is 0 Å². The number of aryl methyl sites for hydroxylation is 1. The van der Waals surface area contributed by atoms with Crippen LogP contribution >= 0.6 is 0 Å². The molecule has 0 radical (unpaired) electrons. The highest BCUT2D eigenvalue weighted by Crippen LogP contribution is 2.28. The number of anilines is 1. The van der Waals surface area contributed by atoms with Gasteiger partial charge in [0.15, 0.2) is 11.5 Å². The summed E-state index contributed by atoms with van der Waals surface area (Å²) in [7, 11) is 0. The molecule has 1 aliphatic heterocycles. The second-order valence-corrected chi connectivity index (χ2v) is 9.23. The third kappa shape index (κ3) is 3.67. The number of nitrogens with one attached hydrogen (secondary N) is 2. The smallest absolute Gasteiger partial charge is 0.224 e. The predicted octanol–water partition coefficient (Wildman–Crippen LogP) is 4.25. The van der Waals surface area contributed by atoms with Gasteiger partial charge in [-0.25, -0.2) is 9.97 Å². The van der Waals surface area contributed by atoms with Crippen molar-refractivity contribution in [2.24, 2.45) is 5.92 Å². The number of aromatic nitrogens is 4. The summed E-state index contributed by atoms with van der Waals surface area (Å²) in [5.41, 5.74) is 6.40. The Morgan fingerprint density at radius 2 is 2.12 bits per heavy atom. The molecule has 1 atom stereocenters. The second kappa shape index (κ2) is 8.48. The molecule has 7 heteroatoms. The lowest BCUT2D eigenvalue weighted by atomic mass is 9.97. The van der Waals surface area contributed by atoms with Gasteiger partial charge in [0.05, 0.1) is 17.0 Å². The number of nitrogens with zero attached hydrogens (tertiary/aromatic N) is 4. The summed E-state index contributed by atoms with van der Waals surface area (Å²) in [5.74, 6) is 0.990. The van der Waals surface area contributed by atoms with Crippen molar-refractivity contribution in [3.8, 4) is 0 Å². The molecule has 6 rings (SSSR count). The Morgan fingerprint density at radius 1 is 1.21 bits per heavy atom. The molecule has 34 heavy (non-hydrogen) atoms. The van der Waals surface area contributed by atoms with Crippen LogP contribution in [0.25, 0.3) is 27.6 Å². The first-order chi connectivity index (χ1) is 16.7. The molecule has 5 heterocycles. The van der Waals surface area contributed by atoms with Gasteiger partial charge in [-0.05, 0) is 68.1 Å². The average molecular weight is 453 g/mol. The molecule has 1 amide bonds. The molecule has 1 aliphatic rings. The number of rotatable bonds is 5. The van der Waals surface area contributed by atoms with Crippen molar-refractivity contribution < 1.29 is 4.79 Å². The summed E-state index contributed by atoms with van der Waals surface area (Å²) in [6.45, 7) is 4.31. The third-order valence-corrected chi connectivity index (χ3v) is 6.92. The zero-order valence-corrected chi connectivity index (χ0v) is 19.3. The topological polar surface area (TPSA) is 78.3 Å². The van der Waals surface area contributed by atoms with E-state index >= 15 is 0 Å². The lowest BCUT2D eigenvalue weighted by Crippen LogP contribution is -2.44. The van der Waals surface area contributed by atoms with E-state index in [1.807, 2.05) is 24.4 Å². The Bertz CT molecular complexity index is 1500. The van der Waals surface area contributed by atoms with Crippen molar-refractivity contribution >= 4 is 39.3 Å². The maximum atomic E-state index is 13.1. The summed E-state index contributed by atoms with van der Waals surface area (Å²) in [6.07, 6.45) is 8.56. The van der Waals surface area contributed by atoms with Crippen molar-refractivity contribution in [3.63, 3.8) is 0 Å². The molecule has 5 aromatic rings. The molecular formula is C27H28N6O. The first-order valence-electron chi connectivity index (χ1n) is 12.0. The van der Waals surface area contributed by atoms with E-state index in [1.54, 1.807) is 6.20 Å². The van der Waals surface area contributed by atoms with Gasteiger partial charge in [-0.2, -0.15) is 0 Å². The summed E-state index contributed by atoms with van der Waals surface area (Å²) in [6, 6.07) is 14.5. The number of hydrogen-bond donors (Lipinski definition) is 2. The van der Waals surface area contributed by atoms with Gasteiger partial charge in [0, 0.05) is 49.1 Å². The minimum absolute atomic E-state index is 0.0461. The first-order valence-corrected chi connectivity index (χ1v) is 12.0. The Morgan fingerprint density at radius 3 is 3.06 bits per heavy atom. The van der Waals surface area contributed by atoms with E-state index in [4.69, 9.17) is 4.98 Å². The third-order valence-electron chi connectivity index (χ3n) is 6.92. The van der Waals surface area contributed by atoms with E-state index < -0.39 is 0 Å². The van der Waals surface area contributed by atoms with Crippen LogP contribution in [0.3, 0.4) is 0 Å². The molecule has 0 spiro atoms.